The van der Waals surface area contributed by atoms with Crippen LogP contribution in [0.1, 0.15) is 36.8 Å². The highest BCUT2D eigenvalue weighted by atomic mass is 16.2. The van der Waals surface area contributed by atoms with Gasteiger partial charge in [-0.15, -0.1) is 0 Å². The molecule has 0 radical (unpaired) electrons. The van der Waals surface area contributed by atoms with Gasteiger partial charge in [0.25, 0.3) is 5.91 Å². The molecule has 1 N–H and O–H groups in total. The number of aromatic nitrogens is 2. The molecule has 1 aromatic heterocycles. The van der Waals surface area contributed by atoms with Crippen molar-refractivity contribution < 1.29 is 4.79 Å². The minimum atomic E-state index is -0.116. The third kappa shape index (κ3) is 2.93. The second kappa shape index (κ2) is 5.40. The Morgan fingerprint density at radius 1 is 1.23 bits per heavy atom. The quantitative estimate of drug-likeness (QED) is 0.925. The molecule has 1 aromatic carbocycles. The number of carbonyl (C=O) groups is 1. The SMILES string of the molecule is CC(C)(C)Nc1cc(C(=O)N2CCc3ccccc32)ncn1. The highest BCUT2D eigenvalue weighted by molar-refractivity contribution is 6.06. The first-order chi connectivity index (χ1) is 10.4. The molecular weight excluding hydrogens is 276 g/mol. The zero-order valence-electron chi connectivity index (χ0n) is 13.1. The largest absolute Gasteiger partial charge is 0.365 e. The number of hydrogen-bond acceptors (Lipinski definition) is 4. The van der Waals surface area contributed by atoms with E-state index in [9.17, 15) is 4.79 Å². The van der Waals surface area contributed by atoms with Gasteiger partial charge < -0.3 is 10.2 Å². The molecule has 5 heteroatoms. The van der Waals surface area contributed by atoms with Crippen molar-refractivity contribution in [2.24, 2.45) is 0 Å². The van der Waals surface area contributed by atoms with Gasteiger partial charge in [0.2, 0.25) is 0 Å². The molecule has 5 nitrogen and oxygen atoms in total. The van der Waals surface area contributed by atoms with Gasteiger partial charge in [-0.05, 0) is 38.8 Å². The van der Waals surface area contributed by atoms with Gasteiger partial charge in [0.15, 0.2) is 0 Å². The summed E-state index contributed by atoms with van der Waals surface area (Å²) in [6.45, 7) is 6.85. The molecule has 2 aromatic rings. The summed E-state index contributed by atoms with van der Waals surface area (Å²) < 4.78 is 0. The van der Waals surface area contributed by atoms with Crippen molar-refractivity contribution in [3.63, 3.8) is 0 Å². The number of para-hydroxylation sites is 1. The average molecular weight is 296 g/mol. The Kier molecular flexibility index (Phi) is 3.56. The van der Waals surface area contributed by atoms with Gasteiger partial charge in [-0.1, -0.05) is 18.2 Å². The van der Waals surface area contributed by atoms with E-state index in [1.54, 1.807) is 11.0 Å². The second-order valence-electron chi connectivity index (χ2n) is 6.50. The number of amides is 1. The van der Waals surface area contributed by atoms with Crippen LogP contribution in [0.5, 0.6) is 0 Å². The molecule has 0 bridgehead atoms. The molecule has 0 fully saturated rings. The molecule has 1 aliphatic rings. The fourth-order valence-electron chi connectivity index (χ4n) is 2.61. The van der Waals surface area contributed by atoms with Gasteiger partial charge in [-0.25, -0.2) is 9.97 Å². The number of hydrogen-bond donors (Lipinski definition) is 1. The van der Waals surface area contributed by atoms with E-state index in [4.69, 9.17) is 0 Å². The number of anilines is 2. The summed E-state index contributed by atoms with van der Waals surface area (Å²) >= 11 is 0. The summed E-state index contributed by atoms with van der Waals surface area (Å²) in [5.74, 6) is 0.586. The predicted octanol–water partition coefficient (Wildman–Crippen LogP) is 2.89. The molecule has 1 amide bonds. The van der Waals surface area contributed by atoms with Crippen LogP contribution in [0.25, 0.3) is 0 Å². The number of rotatable bonds is 2. The van der Waals surface area contributed by atoms with Crippen LogP contribution in [-0.4, -0.2) is 28.0 Å². The molecule has 0 spiro atoms. The van der Waals surface area contributed by atoms with E-state index in [1.807, 2.05) is 39.0 Å². The lowest BCUT2D eigenvalue weighted by Gasteiger charge is -2.22. The maximum Gasteiger partial charge on any atom is 0.277 e. The average Bonchev–Trinajstić information content (AvgIpc) is 2.89. The standard InChI is InChI=1S/C17H20N4O/c1-17(2,3)20-15-10-13(18-11-19-15)16(22)21-9-8-12-6-4-5-7-14(12)21/h4-7,10-11H,8-9H2,1-3H3,(H,18,19,20). The summed E-state index contributed by atoms with van der Waals surface area (Å²) in [5.41, 5.74) is 2.49. The van der Waals surface area contributed by atoms with Crippen LogP contribution in [0.2, 0.25) is 0 Å². The molecule has 3 rings (SSSR count). The summed E-state index contributed by atoms with van der Waals surface area (Å²) in [6.07, 6.45) is 2.32. The van der Waals surface area contributed by atoms with Crippen LogP contribution in [0.15, 0.2) is 36.7 Å². The lowest BCUT2D eigenvalue weighted by molar-refractivity contribution is 0.0984. The van der Waals surface area contributed by atoms with Gasteiger partial charge >= 0.3 is 0 Å². The van der Waals surface area contributed by atoms with E-state index in [1.165, 1.54) is 11.9 Å². The Labute approximate surface area is 130 Å². The third-order valence-electron chi connectivity index (χ3n) is 3.52. The molecule has 2 heterocycles. The first-order valence-electron chi connectivity index (χ1n) is 7.44. The molecule has 1 aliphatic heterocycles. The number of fused-ring (bicyclic) bond motifs is 1. The van der Waals surface area contributed by atoms with E-state index >= 15 is 0 Å². The lowest BCUT2D eigenvalue weighted by atomic mass is 10.1. The van der Waals surface area contributed by atoms with Crippen molar-refractivity contribution in [3.8, 4) is 0 Å². The van der Waals surface area contributed by atoms with E-state index in [-0.39, 0.29) is 11.4 Å². The maximum absolute atomic E-state index is 12.7. The highest BCUT2D eigenvalue weighted by Gasteiger charge is 2.26. The third-order valence-corrected chi connectivity index (χ3v) is 3.52. The minimum Gasteiger partial charge on any atom is -0.365 e. The van der Waals surface area contributed by atoms with Crippen LogP contribution < -0.4 is 10.2 Å². The normalized spacial score (nSPS) is 13.9. The van der Waals surface area contributed by atoms with Crippen LogP contribution in [-0.2, 0) is 6.42 Å². The predicted molar refractivity (Wildman–Crippen MR) is 87.2 cm³/mol. The second-order valence-corrected chi connectivity index (χ2v) is 6.50. The van der Waals surface area contributed by atoms with Crippen LogP contribution >= 0.6 is 0 Å². The summed E-state index contributed by atoms with van der Waals surface area (Å²) in [7, 11) is 0. The molecule has 0 saturated heterocycles. The maximum atomic E-state index is 12.7. The first kappa shape index (κ1) is 14.5. The van der Waals surface area contributed by atoms with Gasteiger partial charge in [0.1, 0.15) is 17.8 Å². The Morgan fingerprint density at radius 2 is 2.00 bits per heavy atom. The van der Waals surface area contributed by atoms with Crippen molar-refractivity contribution in [2.75, 3.05) is 16.8 Å². The summed E-state index contributed by atoms with van der Waals surface area (Å²) in [6, 6.07) is 9.72. The Morgan fingerprint density at radius 3 is 2.77 bits per heavy atom. The van der Waals surface area contributed by atoms with E-state index < -0.39 is 0 Å². The molecule has 0 aliphatic carbocycles. The van der Waals surface area contributed by atoms with Gasteiger partial charge in [0.05, 0.1) is 0 Å². The minimum absolute atomic E-state index is 0.0793. The first-order valence-corrected chi connectivity index (χ1v) is 7.44. The molecule has 0 saturated carbocycles. The number of benzene rings is 1. The van der Waals surface area contributed by atoms with Gasteiger partial charge in [-0.3, -0.25) is 4.79 Å². The Bertz CT molecular complexity index is 706. The topological polar surface area (TPSA) is 58.1 Å². The van der Waals surface area contributed by atoms with Crippen molar-refractivity contribution >= 4 is 17.4 Å². The number of carbonyl (C=O) groups excluding carboxylic acids is 1. The fourth-order valence-corrected chi connectivity index (χ4v) is 2.61. The van der Waals surface area contributed by atoms with Crippen molar-refractivity contribution in [2.45, 2.75) is 32.7 Å². The highest BCUT2D eigenvalue weighted by Crippen LogP contribution is 2.28. The molecule has 0 unspecified atom stereocenters. The molecule has 22 heavy (non-hydrogen) atoms. The fraction of sp³-hybridized carbons (Fsp3) is 0.353. The zero-order chi connectivity index (χ0) is 15.7. The van der Waals surface area contributed by atoms with Crippen LogP contribution in [0, 0.1) is 0 Å². The van der Waals surface area contributed by atoms with E-state index in [0.717, 1.165) is 12.1 Å². The number of nitrogens with zero attached hydrogens (tertiary/aromatic N) is 3. The van der Waals surface area contributed by atoms with E-state index in [0.29, 0.717) is 18.1 Å². The van der Waals surface area contributed by atoms with Gasteiger partial charge in [-0.2, -0.15) is 0 Å². The Hall–Kier alpha value is -2.43. The monoisotopic (exact) mass is 296 g/mol. The number of nitrogens with one attached hydrogen (secondary N) is 1. The lowest BCUT2D eigenvalue weighted by Crippen LogP contribution is -2.30. The molecule has 0 atom stereocenters. The van der Waals surface area contributed by atoms with Crippen molar-refractivity contribution in [1.82, 2.24) is 9.97 Å². The van der Waals surface area contributed by atoms with Crippen LogP contribution in [0.4, 0.5) is 11.5 Å². The molecular formula is C17H20N4O. The zero-order valence-corrected chi connectivity index (χ0v) is 13.1. The summed E-state index contributed by atoms with van der Waals surface area (Å²) in [5, 5.41) is 3.26. The van der Waals surface area contributed by atoms with E-state index in [2.05, 4.69) is 21.4 Å². The van der Waals surface area contributed by atoms with Crippen LogP contribution in [0.3, 0.4) is 0 Å². The Balaban J connectivity index is 1.86. The summed E-state index contributed by atoms with van der Waals surface area (Å²) in [4.78, 5) is 22.9. The van der Waals surface area contributed by atoms with Gasteiger partial charge in [0, 0.05) is 23.8 Å². The molecule has 114 valence electrons. The van der Waals surface area contributed by atoms with Crippen molar-refractivity contribution in [1.29, 1.82) is 0 Å². The van der Waals surface area contributed by atoms with Crippen molar-refractivity contribution in [3.05, 3.63) is 47.9 Å². The smallest absolute Gasteiger partial charge is 0.277 e.